The van der Waals surface area contributed by atoms with E-state index in [4.69, 9.17) is 15.2 Å². The van der Waals surface area contributed by atoms with Crippen molar-refractivity contribution in [1.29, 1.82) is 0 Å². The number of nitrogens with zero attached hydrogens (tertiary/aromatic N) is 1. The number of ketones is 1. The van der Waals surface area contributed by atoms with E-state index in [0.717, 1.165) is 35.5 Å². The van der Waals surface area contributed by atoms with E-state index >= 15 is 0 Å². The third-order valence-corrected chi connectivity index (χ3v) is 8.80. The van der Waals surface area contributed by atoms with Gasteiger partial charge in [-0.2, -0.15) is 0 Å². The van der Waals surface area contributed by atoms with Crippen LogP contribution in [-0.4, -0.2) is 63.5 Å². The number of fused-ring (bicyclic) bond motifs is 1. The quantitative estimate of drug-likeness (QED) is 0.406. The SMILES string of the molecule is C/C(=C\c1csc(C)n1)[C@@H]1C[C@@H]2O[C@]2(C)CCC[C@H](C)[C@H](O)[C@@H](CN)C(=O)C(C)(C)[C@@H](O)CC(=O)O1. The first-order chi connectivity index (χ1) is 16.8. The minimum Gasteiger partial charge on any atom is -0.458 e. The van der Waals surface area contributed by atoms with Crippen LogP contribution in [-0.2, 0) is 19.1 Å². The fourth-order valence-electron chi connectivity index (χ4n) is 5.11. The summed E-state index contributed by atoms with van der Waals surface area (Å²) in [6.07, 6.45) is 1.60. The van der Waals surface area contributed by atoms with Crippen molar-refractivity contribution in [2.24, 2.45) is 23.0 Å². The summed E-state index contributed by atoms with van der Waals surface area (Å²) in [5.41, 5.74) is 5.95. The number of ether oxygens (including phenoxy) is 2. The van der Waals surface area contributed by atoms with Gasteiger partial charge in [-0.3, -0.25) is 9.59 Å². The molecule has 3 rings (SSSR count). The molecule has 2 fully saturated rings. The van der Waals surface area contributed by atoms with E-state index in [9.17, 15) is 19.8 Å². The molecule has 4 N–H and O–H groups in total. The summed E-state index contributed by atoms with van der Waals surface area (Å²) in [7, 11) is 0. The van der Waals surface area contributed by atoms with Gasteiger partial charge in [0.05, 0.1) is 52.4 Å². The summed E-state index contributed by atoms with van der Waals surface area (Å²) in [6.45, 7) is 11.0. The second-order valence-electron chi connectivity index (χ2n) is 11.3. The summed E-state index contributed by atoms with van der Waals surface area (Å²) >= 11 is 1.55. The van der Waals surface area contributed by atoms with Crippen molar-refractivity contribution in [3.05, 3.63) is 21.7 Å². The van der Waals surface area contributed by atoms with Crippen molar-refractivity contribution in [3.63, 3.8) is 0 Å². The van der Waals surface area contributed by atoms with Crippen molar-refractivity contribution in [3.8, 4) is 0 Å². The molecule has 202 valence electrons. The van der Waals surface area contributed by atoms with Crippen LogP contribution in [0.1, 0.15) is 77.4 Å². The summed E-state index contributed by atoms with van der Waals surface area (Å²) < 4.78 is 11.9. The van der Waals surface area contributed by atoms with Crippen LogP contribution in [0, 0.1) is 24.2 Å². The van der Waals surface area contributed by atoms with Crippen molar-refractivity contribution in [2.75, 3.05) is 6.54 Å². The Morgan fingerprint density at radius 2 is 2.00 bits per heavy atom. The highest BCUT2D eigenvalue weighted by Gasteiger charge is 2.53. The third kappa shape index (κ3) is 6.61. The lowest BCUT2D eigenvalue weighted by Gasteiger charge is -2.35. The number of carbonyl (C=O) groups excluding carboxylic acids is 2. The minimum atomic E-state index is -1.28. The van der Waals surface area contributed by atoms with E-state index in [-0.39, 0.29) is 36.4 Å². The molecule has 0 amide bonds. The van der Waals surface area contributed by atoms with Gasteiger partial charge in [0.2, 0.25) is 0 Å². The molecule has 2 aliphatic rings. The van der Waals surface area contributed by atoms with Crippen molar-refractivity contribution in [2.45, 2.75) is 104 Å². The first-order valence-corrected chi connectivity index (χ1v) is 13.7. The number of hydrogen-bond acceptors (Lipinski definition) is 9. The van der Waals surface area contributed by atoms with E-state index in [0.29, 0.717) is 6.42 Å². The van der Waals surface area contributed by atoms with Crippen molar-refractivity contribution < 1.29 is 29.3 Å². The topological polar surface area (TPSA) is 135 Å². The average Bonchev–Trinajstić information content (AvgIpc) is 3.24. The molecule has 0 saturated carbocycles. The molecule has 0 spiro atoms. The van der Waals surface area contributed by atoms with Crippen LogP contribution < -0.4 is 5.73 Å². The number of aromatic nitrogens is 1. The molecule has 0 unspecified atom stereocenters. The van der Waals surface area contributed by atoms with Crippen LogP contribution in [0.15, 0.2) is 11.0 Å². The van der Waals surface area contributed by atoms with Gasteiger partial charge in [-0.1, -0.05) is 27.2 Å². The maximum Gasteiger partial charge on any atom is 0.309 e. The molecule has 0 bridgehead atoms. The van der Waals surface area contributed by atoms with Gasteiger partial charge < -0.3 is 25.4 Å². The molecule has 1 aromatic rings. The Kier molecular flexibility index (Phi) is 9.15. The highest BCUT2D eigenvalue weighted by Crippen LogP contribution is 2.45. The van der Waals surface area contributed by atoms with E-state index in [2.05, 4.69) is 11.9 Å². The monoisotopic (exact) mass is 522 g/mol. The van der Waals surface area contributed by atoms with Gasteiger partial charge >= 0.3 is 5.97 Å². The second-order valence-corrected chi connectivity index (χ2v) is 12.4. The van der Waals surface area contributed by atoms with Gasteiger partial charge in [-0.25, -0.2) is 4.98 Å². The largest absolute Gasteiger partial charge is 0.458 e. The zero-order valence-corrected chi connectivity index (χ0v) is 23.1. The van der Waals surface area contributed by atoms with Gasteiger partial charge in [0.25, 0.3) is 0 Å². The average molecular weight is 523 g/mol. The van der Waals surface area contributed by atoms with Crippen LogP contribution in [0.4, 0.5) is 0 Å². The molecular weight excluding hydrogens is 480 g/mol. The Morgan fingerprint density at radius 1 is 1.31 bits per heavy atom. The van der Waals surface area contributed by atoms with Crippen LogP contribution >= 0.6 is 11.3 Å². The number of hydrogen-bond donors (Lipinski definition) is 3. The Balaban J connectivity index is 1.87. The predicted octanol–water partition coefficient (Wildman–Crippen LogP) is 3.42. The van der Waals surface area contributed by atoms with Crippen LogP contribution in [0.2, 0.25) is 0 Å². The first kappa shape index (κ1) is 28.9. The third-order valence-electron chi connectivity index (χ3n) is 8.00. The van der Waals surface area contributed by atoms with Crippen molar-refractivity contribution >= 4 is 29.2 Å². The number of Topliss-reactive ketones (excluding diaryl/α,β-unsaturated/α-hetero) is 1. The molecule has 0 aromatic carbocycles. The number of epoxide rings is 1. The Bertz CT molecular complexity index is 975. The zero-order valence-electron chi connectivity index (χ0n) is 22.3. The van der Waals surface area contributed by atoms with E-state index in [1.165, 1.54) is 0 Å². The van der Waals surface area contributed by atoms with Crippen LogP contribution in [0.25, 0.3) is 6.08 Å². The molecule has 0 radical (unpaired) electrons. The van der Waals surface area contributed by atoms with Crippen LogP contribution in [0.5, 0.6) is 0 Å². The van der Waals surface area contributed by atoms with Gasteiger partial charge in [0.15, 0.2) is 0 Å². The maximum atomic E-state index is 13.4. The highest BCUT2D eigenvalue weighted by molar-refractivity contribution is 7.09. The Morgan fingerprint density at radius 3 is 2.61 bits per heavy atom. The molecule has 9 heteroatoms. The van der Waals surface area contributed by atoms with Gasteiger partial charge in [0.1, 0.15) is 11.9 Å². The molecule has 1 aromatic heterocycles. The van der Waals surface area contributed by atoms with Crippen molar-refractivity contribution in [1.82, 2.24) is 4.98 Å². The smallest absolute Gasteiger partial charge is 0.309 e. The highest BCUT2D eigenvalue weighted by atomic mass is 32.1. The van der Waals surface area contributed by atoms with Crippen LogP contribution in [0.3, 0.4) is 0 Å². The minimum absolute atomic E-state index is 0.0318. The number of thiazole rings is 1. The molecule has 0 aliphatic carbocycles. The lowest BCUT2D eigenvalue weighted by molar-refractivity contribution is -0.154. The summed E-state index contributed by atoms with van der Waals surface area (Å²) in [6, 6.07) is 0. The zero-order chi connectivity index (χ0) is 26.8. The second kappa shape index (κ2) is 11.4. The lowest BCUT2D eigenvalue weighted by atomic mass is 9.72. The Labute approximate surface area is 218 Å². The first-order valence-electron chi connectivity index (χ1n) is 12.9. The maximum absolute atomic E-state index is 13.4. The van der Waals surface area contributed by atoms with E-state index in [1.54, 1.807) is 25.2 Å². The Hall–Kier alpha value is -1.65. The number of carbonyl (C=O) groups is 2. The number of aliphatic hydroxyl groups excluding tert-OH is 2. The molecule has 7 atom stereocenters. The summed E-state index contributed by atoms with van der Waals surface area (Å²) in [4.78, 5) is 30.8. The summed E-state index contributed by atoms with van der Waals surface area (Å²) in [5, 5.41) is 24.8. The fraction of sp³-hybridized carbons (Fsp3) is 0.741. The number of aliphatic hydroxyl groups is 2. The lowest BCUT2D eigenvalue weighted by Crippen LogP contribution is -2.49. The standard InChI is InChI=1S/C27H42N2O6S/c1-15-8-7-9-27(6)22(35-27)11-20(16(2)10-18-14-36-17(3)29-18)34-23(31)12-21(30)26(4,5)25(33)19(13-28)24(15)32/h10,14-15,19-22,24,30,32H,7-9,11-13,28H2,1-6H3/b16-10+/t15-,19+,20-,21-,22-,24-,27+/m0/s1. The number of rotatable bonds is 3. The molecule has 2 aliphatic heterocycles. The fourth-order valence-corrected chi connectivity index (χ4v) is 5.68. The number of nitrogens with two attached hydrogens (primary N) is 1. The van der Waals surface area contributed by atoms with E-state index < -0.39 is 35.6 Å². The van der Waals surface area contributed by atoms with Gasteiger partial charge in [0, 0.05) is 18.3 Å². The van der Waals surface area contributed by atoms with E-state index in [1.807, 2.05) is 32.2 Å². The molecule has 2 saturated heterocycles. The predicted molar refractivity (Wildman–Crippen MR) is 139 cm³/mol. The number of aryl methyl sites for hydroxylation is 1. The summed E-state index contributed by atoms with van der Waals surface area (Å²) in [5.74, 6) is -1.91. The molecule has 3 heterocycles. The number of esters is 1. The number of cyclic esters (lactones) is 1. The van der Waals surface area contributed by atoms with Gasteiger partial charge in [-0.15, -0.1) is 11.3 Å². The van der Waals surface area contributed by atoms with Gasteiger partial charge in [-0.05, 0) is 51.2 Å². The molecule has 8 nitrogen and oxygen atoms in total. The molecule has 36 heavy (non-hydrogen) atoms. The molecular formula is C27H42N2O6S. The normalized spacial score (nSPS) is 36.8.